The summed E-state index contributed by atoms with van der Waals surface area (Å²) in [5, 5.41) is 3.19. The van der Waals surface area contributed by atoms with Crippen LogP contribution < -0.4 is 10.1 Å². The molecule has 2 N–H and O–H groups in total. The van der Waals surface area contributed by atoms with Crippen LogP contribution in [0.25, 0.3) is 21.9 Å². The molecule has 1 unspecified atom stereocenters. The van der Waals surface area contributed by atoms with Gasteiger partial charge in [-0.15, -0.1) is 0 Å². The number of nitrogens with zero attached hydrogens (tertiary/aromatic N) is 2. The van der Waals surface area contributed by atoms with Gasteiger partial charge in [0.1, 0.15) is 17.3 Å². The lowest BCUT2D eigenvalue weighted by Gasteiger charge is -2.12. The number of benzene rings is 2. The van der Waals surface area contributed by atoms with Crippen LogP contribution in [0.3, 0.4) is 0 Å². The van der Waals surface area contributed by atoms with Gasteiger partial charge in [0.15, 0.2) is 0 Å². The highest BCUT2D eigenvalue weighted by Gasteiger charge is 2.31. The number of nitrogens with one attached hydrogen (secondary N) is 2. The third-order valence-corrected chi connectivity index (χ3v) is 5.07. The zero-order valence-corrected chi connectivity index (χ0v) is 16.5. The fraction of sp³-hybridized carbons (Fsp3) is 0.238. The van der Waals surface area contributed by atoms with Crippen molar-refractivity contribution in [3.05, 3.63) is 59.5 Å². The second kappa shape index (κ2) is 7.08. The van der Waals surface area contributed by atoms with Crippen LogP contribution in [-0.2, 0) is 13.2 Å². The smallest absolute Gasteiger partial charge is 0.416 e. The number of halogens is 3. The second-order valence-electron chi connectivity index (χ2n) is 7.06. The second-order valence-corrected chi connectivity index (χ2v) is 7.06. The van der Waals surface area contributed by atoms with Crippen molar-refractivity contribution in [3.8, 4) is 5.75 Å². The molecule has 0 bridgehead atoms. The number of aryl methyl sites for hydroxylation is 1. The van der Waals surface area contributed by atoms with E-state index >= 15 is 0 Å². The molecule has 0 saturated carbocycles. The summed E-state index contributed by atoms with van der Waals surface area (Å²) in [5.74, 6) is 0.834. The minimum Gasteiger partial charge on any atom is -0.497 e. The molecule has 0 aliphatic heterocycles. The van der Waals surface area contributed by atoms with E-state index in [-0.39, 0.29) is 5.69 Å². The average molecular weight is 416 g/mol. The van der Waals surface area contributed by atoms with Gasteiger partial charge in [0.2, 0.25) is 0 Å². The van der Waals surface area contributed by atoms with Gasteiger partial charge in [-0.25, -0.2) is 4.98 Å². The number of fused-ring (bicyclic) bond motifs is 2. The molecule has 30 heavy (non-hydrogen) atoms. The van der Waals surface area contributed by atoms with Crippen molar-refractivity contribution >= 4 is 27.8 Å². The van der Waals surface area contributed by atoms with Crippen LogP contribution in [-0.4, -0.2) is 27.6 Å². The topological polar surface area (TPSA) is 71.9 Å². The number of carbonyl (C=O) groups excluding carboxylic acids is 1. The average Bonchev–Trinajstić information content (AvgIpc) is 3.27. The van der Waals surface area contributed by atoms with Crippen LogP contribution in [0.5, 0.6) is 5.75 Å². The van der Waals surface area contributed by atoms with Gasteiger partial charge in [-0.3, -0.25) is 4.79 Å². The molecular weight excluding hydrogens is 397 g/mol. The molecule has 0 radical (unpaired) electrons. The Bertz CT molecular complexity index is 1260. The molecule has 156 valence electrons. The minimum absolute atomic E-state index is 0.258. The van der Waals surface area contributed by atoms with E-state index in [1.807, 2.05) is 12.1 Å². The molecule has 6 nitrogen and oxygen atoms in total. The Hall–Kier alpha value is -3.49. The highest BCUT2D eigenvalue weighted by atomic mass is 19.4. The Morgan fingerprint density at radius 1 is 1.20 bits per heavy atom. The maximum absolute atomic E-state index is 13.0. The van der Waals surface area contributed by atoms with Crippen LogP contribution in [0.4, 0.5) is 13.2 Å². The Morgan fingerprint density at radius 3 is 2.67 bits per heavy atom. The van der Waals surface area contributed by atoms with Gasteiger partial charge < -0.3 is 19.6 Å². The Labute approximate surface area is 169 Å². The van der Waals surface area contributed by atoms with Crippen molar-refractivity contribution in [2.24, 2.45) is 7.05 Å². The number of alkyl halides is 3. The van der Waals surface area contributed by atoms with E-state index in [0.717, 1.165) is 23.2 Å². The van der Waals surface area contributed by atoms with Crippen LogP contribution in [0.2, 0.25) is 0 Å². The van der Waals surface area contributed by atoms with E-state index in [4.69, 9.17) is 4.74 Å². The summed E-state index contributed by atoms with van der Waals surface area (Å²) in [6.45, 7) is 1.78. The van der Waals surface area contributed by atoms with Crippen LogP contribution in [0.15, 0.2) is 42.5 Å². The first-order valence-electron chi connectivity index (χ1n) is 9.18. The van der Waals surface area contributed by atoms with Gasteiger partial charge in [-0.05, 0) is 43.3 Å². The van der Waals surface area contributed by atoms with E-state index in [9.17, 15) is 18.0 Å². The highest BCUT2D eigenvalue weighted by Crippen LogP contribution is 2.32. The number of ether oxygens (including phenoxy) is 1. The summed E-state index contributed by atoms with van der Waals surface area (Å²) in [4.78, 5) is 20.4. The summed E-state index contributed by atoms with van der Waals surface area (Å²) in [6, 6.07) is 9.84. The van der Waals surface area contributed by atoms with Gasteiger partial charge in [-0.1, -0.05) is 0 Å². The highest BCUT2D eigenvalue weighted by molar-refractivity contribution is 5.99. The first-order chi connectivity index (χ1) is 14.2. The third kappa shape index (κ3) is 3.47. The summed E-state index contributed by atoms with van der Waals surface area (Å²) in [6.07, 6.45) is -4.44. The summed E-state index contributed by atoms with van der Waals surface area (Å²) < 4.78 is 45.7. The maximum Gasteiger partial charge on any atom is 0.416 e. The van der Waals surface area contributed by atoms with Crippen molar-refractivity contribution in [1.29, 1.82) is 0 Å². The summed E-state index contributed by atoms with van der Waals surface area (Å²) in [7, 11) is 3.21. The van der Waals surface area contributed by atoms with Crippen LogP contribution in [0, 0.1) is 0 Å². The molecule has 4 aromatic rings. The summed E-state index contributed by atoms with van der Waals surface area (Å²) in [5.41, 5.74) is 1.55. The van der Waals surface area contributed by atoms with Gasteiger partial charge in [-0.2, -0.15) is 13.2 Å². The minimum atomic E-state index is -4.44. The molecule has 4 rings (SSSR count). The Morgan fingerprint density at radius 2 is 1.97 bits per heavy atom. The Balaban J connectivity index is 1.60. The van der Waals surface area contributed by atoms with Crippen LogP contribution >= 0.6 is 0 Å². The number of aromatic nitrogens is 3. The zero-order valence-electron chi connectivity index (χ0n) is 16.5. The van der Waals surface area contributed by atoms with Gasteiger partial charge in [0, 0.05) is 24.0 Å². The number of hydrogen-bond donors (Lipinski definition) is 2. The molecular formula is C21H19F3N4O2. The van der Waals surface area contributed by atoms with E-state index in [1.165, 1.54) is 12.1 Å². The van der Waals surface area contributed by atoms with Crippen LogP contribution in [0.1, 0.15) is 34.8 Å². The number of methoxy groups -OCH3 is 1. The van der Waals surface area contributed by atoms with E-state index < -0.39 is 23.7 Å². The third-order valence-electron chi connectivity index (χ3n) is 5.07. The molecule has 0 fully saturated rings. The number of amides is 1. The van der Waals surface area contributed by atoms with Gasteiger partial charge >= 0.3 is 6.18 Å². The van der Waals surface area contributed by atoms with E-state index in [1.54, 1.807) is 31.7 Å². The fourth-order valence-corrected chi connectivity index (χ4v) is 3.42. The Kier molecular flexibility index (Phi) is 4.68. The molecule has 2 aromatic heterocycles. The van der Waals surface area contributed by atoms with Crippen molar-refractivity contribution < 1.29 is 22.7 Å². The molecule has 1 amide bonds. The number of aromatic amines is 1. The zero-order chi connectivity index (χ0) is 21.6. The molecule has 0 aliphatic carbocycles. The number of rotatable bonds is 4. The van der Waals surface area contributed by atoms with E-state index in [0.29, 0.717) is 22.5 Å². The molecule has 0 aliphatic rings. The normalized spacial score (nSPS) is 13.0. The number of imidazole rings is 1. The monoisotopic (exact) mass is 416 g/mol. The lowest BCUT2D eigenvalue weighted by molar-refractivity contribution is -0.137. The molecule has 1 atom stereocenters. The number of H-pyrrole nitrogens is 1. The summed E-state index contributed by atoms with van der Waals surface area (Å²) >= 11 is 0. The predicted molar refractivity (Wildman–Crippen MR) is 106 cm³/mol. The van der Waals surface area contributed by atoms with Crippen molar-refractivity contribution in [2.45, 2.75) is 19.1 Å². The van der Waals surface area contributed by atoms with E-state index in [2.05, 4.69) is 15.3 Å². The predicted octanol–water partition coefficient (Wildman–Crippen LogP) is 4.57. The van der Waals surface area contributed by atoms with Crippen molar-refractivity contribution in [2.75, 3.05) is 7.11 Å². The maximum atomic E-state index is 13.0. The fourth-order valence-electron chi connectivity index (χ4n) is 3.42. The molecule has 0 spiro atoms. The lowest BCUT2D eigenvalue weighted by atomic mass is 10.1. The SMILES string of the molecule is COc1ccc2nc(C(C)NC(=O)c3cc4cc(C(F)(F)F)ccc4n3C)[nH]c2c1. The largest absolute Gasteiger partial charge is 0.497 e. The first-order valence-corrected chi connectivity index (χ1v) is 9.18. The number of hydrogen-bond acceptors (Lipinski definition) is 3. The molecule has 0 saturated heterocycles. The van der Waals surface area contributed by atoms with Gasteiger partial charge in [0.05, 0.1) is 29.7 Å². The van der Waals surface area contributed by atoms with Gasteiger partial charge in [0.25, 0.3) is 5.91 Å². The quantitative estimate of drug-likeness (QED) is 0.512. The first kappa shape index (κ1) is 19.8. The molecule has 2 aromatic carbocycles. The standard InChI is InChI=1S/C21H19F3N4O2/c1-11(19-26-15-6-5-14(30-3)10-16(15)27-19)25-20(29)18-9-12-8-13(21(22,23)24)4-7-17(12)28(18)2/h4-11H,1-3H3,(H,25,29)(H,26,27). The number of carbonyl (C=O) groups is 1. The molecule has 2 heterocycles. The van der Waals surface area contributed by atoms with Crippen molar-refractivity contribution in [3.63, 3.8) is 0 Å². The van der Waals surface area contributed by atoms with Crippen molar-refractivity contribution in [1.82, 2.24) is 19.9 Å². The lowest BCUT2D eigenvalue weighted by Crippen LogP contribution is -2.28. The molecule has 9 heteroatoms.